The van der Waals surface area contributed by atoms with Gasteiger partial charge in [0.2, 0.25) is 0 Å². The Hall–Kier alpha value is -1.64. The summed E-state index contributed by atoms with van der Waals surface area (Å²) in [6, 6.07) is 5.21. The van der Waals surface area contributed by atoms with Gasteiger partial charge < -0.3 is 14.7 Å². The van der Waals surface area contributed by atoms with E-state index in [9.17, 15) is 5.11 Å². The van der Waals surface area contributed by atoms with Crippen LogP contribution in [0.15, 0.2) is 30.9 Å². The van der Waals surface area contributed by atoms with E-state index in [1.165, 1.54) is 0 Å². The zero-order chi connectivity index (χ0) is 14.3. The molecule has 1 aromatic carbocycles. The number of nitrogens with zero attached hydrogens (tertiary/aromatic N) is 1. The molecular weight excluding hydrogens is 238 g/mol. The van der Waals surface area contributed by atoms with Crippen LogP contribution >= 0.6 is 0 Å². The lowest BCUT2D eigenvalue weighted by molar-refractivity contribution is 0.207. The number of phenolic OH excluding ortho intramolecular Hbond substituents is 1. The molecule has 0 amide bonds. The number of phenols is 1. The van der Waals surface area contributed by atoms with Crippen LogP contribution in [-0.4, -0.2) is 25.3 Å². The number of benzene rings is 1. The maximum atomic E-state index is 9.53. The minimum absolute atomic E-state index is 0.174. The maximum Gasteiger partial charge on any atom is 0.143 e. The lowest BCUT2D eigenvalue weighted by Crippen LogP contribution is -2.15. The summed E-state index contributed by atoms with van der Waals surface area (Å²) in [4.78, 5) is 1.94. The number of ether oxygens (including phenoxy) is 1. The summed E-state index contributed by atoms with van der Waals surface area (Å²) in [6.07, 6.45) is 6.52. The number of allylic oxidation sites excluding steroid dienone is 1. The van der Waals surface area contributed by atoms with Crippen molar-refractivity contribution in [2.45, 2.75) is 38.7 Å². The lowest BCUT2D eigenvalue weighted by Gasteiger charge is -2.21. The second-order valence-electron chi connectivity index (χ2n) is 5.05. The molecule has 106 valence electrons. The SMILES string of the molecule is C=CCCCC[C@H](C)Oc1ccc(O)cc1N(C)C. The number of aromatic hydroxyl groups is 1. The number of rotatable bonds is 8. The maximum absolute atomic E-state index is 9.53. The van der Waals surface area contributed by atoms with Gasteiger partial charge in [-0.15, -0.1) is 6.58 Å². The largest absolute Gasteiger partial charge is 0.508 e. The van der Waals surface area contributed by atoms with Crippen molar-refractivity contribution in [3.05, 3.63) is 30.9 Å². The fourth-order valence-corrected chi connectivity index (χ4v) is 1.95. The van der Waals surface area contributed by atoms with E-state index in [0.717, 1.165) is 37.1 Å². The summed E-state index contributed by atoms with van der Waals surface area (Å²) < 4.78 is 5.96. The van der Waals surface area contributed by atoms with Crippen LogP contribution in [0.2, 0.25) is 0 Å². The first-order valence-electron chi connectivity index (χ1n) is 6.82. The quantitative estimate of drug-likeness (QED) is 0.569. The first-order chi connectivity index (χ1) is 9.04. The molecule has 0 aliphatic carbocycles. The predicted octanol–water partition coefficient (Wildman–Crippen LogP) is 3.97. The molecule has 0 saturated carbocycles. The summed E-state index contributed by atoms with van der Waals surface area (Å²) in [6.45, 7) is 5.81. The van der Waals surface area contributed by atoms with Gasteiger partial charge in [0.15, 0.2) is 0 Å². The summed E-state index contributed by atoms with van der Waals surface area (Å²) in [5.74, 6) is 1.08. The molecule has 0 bridgehead atoms. The zero-order valence-corrected chi connectivity index (χ0v) is 12.2. The van der Waals surface area contributed by atoms with Crippen molar-refractivity contribution in [3.63, 3.8) is 0 Å². The van der Waals surface area contributed by atoms with Gasteiger partial charge in [-0.05, 0) is 44.7 Å². The van der Waals surface area contributed by atoms with Gasteiger partial charge in [0.25, 0.3) is 0 Å². The number of unbranched alkanes of at least 4 members (excludes halogenated alkanes) is 2. The van der Waals surface area contributed by atoms with Crippen LogP contribution in [0.25, 0.3) is 0 Å². The van der Waals surface area contributed by atoms with Crippen molar-refractivity contribution < 1.29 is 9.84 Å². The van der Waals surface area contributed by atoms with Crippen LogP contribution in [0.4, 0.5) is 5.69 Å². The number of hydrogen-bond donors (Lipinski definition) is 1. The van der Waals surface area contributed by atoms with Crippen molar-refractivity contribution in [2.24, 2.45) is 0 Å². The van der Waals surface area contributed by atoms with Crippen LogP contribution in [0, 0.1) is 0 Å². The van der Waals surface area contributed by atoms with Crippen molar-refractivity contribution in [1.82, 2.24) is 0 Å². The Morgan fingerprint density at radius 1 is 1.37 bits per heavy atom. The first-order valence-corrected chi connectivity index (χ1v) is 6.82. The highest BCUT2D eigenvalue weighted by Gasteiger charge is 2.10. The lowest BCUT2D eigenvalue weighted by atomic mass is 10.1. The molecule has 19 heavy (non-hydrogen) atoms. The topological polar surface area (TPSA) is 32.7 Å². The second-order valence-corrected chi connectivity index (χ2v) is 5.05. The molecule has 0 aliphatic rings. The molecule has 0 fully saturated rings. The van der Waals surface area contributed by atoms with Gasteiger partial charge in [0.05, 0.1) is 11.8 Å². The van der Waals surface area contributed by atoms with Gasteiger partial charge in [-0.2, -0.15) is 0 Å². The Labute approximate surface area is 116 Å². The Morgan fingerprint density at radius 2 is 2.11 bits per heavy atom. The minimum atomic E-state index is 0.174. The Balaban J connectivity index is 2.58. The third-order valence-electron chi connectivity index (χ3n) is 3.02. The van der Waals surface area contributed by atoms with E-state index in [2.05, 4.69) is 13.5 Å². The molecule has 0 aromatic heterocycles. The van der Waals surface area contributed by atoms with Crippen molar-refractivity contribution in [3.8, 4) is 11.5 Å². The van der Waals surface area contributed by atoms with E-state index in [1.54, 1.807) is 12.1 Å². The zero-order valence-electron chi connectivity index (χ0n) is 12.2. The third-order valence-corrected chi connectivity index (χ3v) is 3.02. The van der Waals surface area contributed by atoms with Gasteiger partial charge >= 0.3 is 0 Å². The average molecular weight is 263 g/mol. The molecule has 1 aromatic rings. The van der Waals surface area contributed by atoms with Gasteiger partial charge in [-0.3, -0.25) is 0 Å². The van der Waals surface area contributed by atoms with E-state index in [0.29, 0.717) is 0 Å². The van der Waals surface area contributed by atoms with E-state index >= 15 is 0 Å². The minimum Gasteiger partial charge on any atom is -0.508 e. The van der Waals surface area contributed by atoms with Gasteiger partial charge in [-0.1, -0.05) is 6.08 Å². The molecule has 3 nitrogen and oxygen atoms in total. The predicted molar refractivity (Wildman–Crippen MR) is 81.2 cm³/mol. The first kappa shape index (κ1) is 15.4. The normalized spacial score (nSPS) is 11.9. The molecular formula is C16H25NO2. The molecule has 0 radical (unpaired) electrons. The average Bonchev–Trinajstić information content (AvgIpc) is 2.36. The Bertz CT molecular complexity index is 402. The molecule has 1 N–H and O–H groups in total. The summed E-state index contributed by atoms with van der Waals surface area (Å²) in [5, 5.41) is 9.53. The Kier molecular flexibility index (Phi) is 6.26. The van der Waals surface area contributed by atoms with Crippen LogP contribution in [-0.2, 0) is 0 Å². The van der Waals surface area contributed by atoms with E-state index < -0.39 is 0 Å². The standard InChI is InChI=1S/C16H25NO2/c1-5-6-7-8-9-13(2)19-16-11-10-14(18)12-15(16)17(3)4/h5,10-13,18H,1,6-9H2,2-4H3/t13-/m0/s1. The smallest absolute Gasteiger partial charge is 0.143 e. The Morgan fingerprint density at radius 3 is 2.74 bits per heavy atom. The third kappa shape index (κ3) is 5.25. The molecule has 0 unspecified atom stereocenters. The van der Waals surface area contributed by atoms with Crippen LogP contribution in [0.1, 0.15) is 32.6 Å². The highest BCUT2D eigenvalue weighted by molar-refractivity contribution is 5.60. The molecule has 0 heterocycles. The van der Waals surface area contributed by atoms with Gasteiger partial charge in [-0.25, -0.2) is 0 Å². The van der Waals surface area contributed by atoms with Crippen LogP contribution in [0.5, 0.6) is 11.5 Å². The van der Waals surface area contributed by atoms with Gasteiger partial charge in [0.1, 0.15) is 11.5 Å². The fraction of sp³-hybridized carbons (Fsp3) is 0.500. The summed E-state index contributed by atoms with van der Waals surface area (Å²) in [7, 11) is 3.88. The van der Waals surface area contributed by atoms with Gasteiger partial charge in [0, 0.05) is 20.2 Å². The second kappa shape index (κ2) is 7.72. The molecule has 3 heteroatoms. The molecule has 0 saturated heterocycles. The van der Waals surface area contributed by atoms with E-state index in [-0.39, 0.29) is 11.9 Å². The van der Waals surface area contributed by atoms with Crippen LogP contribution < -0.4 is 9.64 Å². The molecule has 0 spiro atoms. The van der Waals surface area contributed by atoms with E-state index in [1.807, 2.05) is 31.1 Å². The molecule has 1 atom stereocenters. The van der Waals surface area contributed by atoms with Crippen molar-refractivity contribution >= 4 is 5.69 Å². The highest BCUT2D eigenvalue weighted by Crippen LogP contribution is 2.31. The van der Waals surface area contributed by atoms with E-state index in [4.69, 9.17) is 4.74 Å². The van der Waals surface area contributed by atoms with Crippen LogP contribution in [0.3, 0.4) is 0 Å². The number of anilines is 1. The molecule has 1 rings (SSSR count). The highest BCUT2D eigenvalue weighted by atomic mass is 16.5. The summed E-state index contributed by atoms with van der Waals surface area (Å²) in [5.41, 5.74) is 0.901. The molecule has 0 aliphatic heterocycles. The summed E-state index contributed by atoms with van der Waals surface area (Å²) >= 11 is 0. The fourth-order valence-electron chi connectivity index (χ4n) is 1.95. The monoisotopic (exact) mass is 263 g/mol. The van der Waals surface area contributed by atoms with Crippen molar-refractivity contribution in [2.75, 3.05) is 19.0 Å². The van der Waals surface area contributed by atoms with Crippen molar-refractivity contribution in [1.29, 1.82) is 0 Å². The number of hydrogen-bond acceptors (Lipinski definition) is 3.